The van der Waals surface area contributed by atoms with E-state index in [-0.39, 0.29) is 11.4 Å². The lowest BCUT2D eigenvalue weighted by molar-refractivity contribution is 0.252. The molecule has 0 bridgehead atoms. The van der Waals surface area contributed by atoms with E-state index in [0.717, 1.165) is 22.5 Å². The van der Waals surface area contributed by atoms with Gasteiger partial charge in [-0.05, 0) is 29.5 Å². The molecule has 0 unspecified atom stereocenters. The number of hydrogen-bond acceptors (Lipinski definition) is 4. The molecule has 0 atom stereocenters. The van der Waals surface area contributed by atoms with E-state index >= 15 is 0 Å². The van der Waals surface area contributed by atoms with Crippen LogP contribution in [0.5, 0.6) is 0 Å². The Balaban J connectivity index is 1.78. The van der Waals surface area contributed by atoms with Crippen LogP contribution in [0.3, 0.4) is 0 Å². The van der Waals surface area contributed by atoms with Gasteiger partial charge in [0.25, 0.3) is 0 Å². The van der Waals surface area contributed by atoms with Crippen molar-refractivity contribution in [2.75, 3.05) is 17.6 Å². The van der Waals surface area contributed by atoms with Crippen LogP contribution in [0.25, 0.3) is 0 Å². The van der Waals surface area contributed by atoms with Gasteiger partial charge in [-0.25, -0.2) is 9.78 Å². The minimum atomic E-state index is -0.231. The number of rotatable bonds is 4. The fraction of sp³-hybridized carbons (Fsp3) is 0.375. The third kappa shape index (κ3) is 4.73. The molecule has 2 rings (SSSR count). The molecular formula is C16H22N4OS. The summed E-state index contributed by atoms with van der Waals surface area (Å²) in [7, 11) is 0. The van der Waals surface area contributed by atoms with Gasteiger partial charge in [0.15, 0.2) is 5.13 Å². The van der Waals surface area contributed by atoms with E-state index in [4.69, 9.17) is 5.73 Å². The monoisotopic (exact) mass is 318 g/mol. The molecule has 0 saturated carbocycles. The molecule has 0 aliphatic heterocycles. The van der Waals surface area contributed by atoms with Crippen molar-refractivity contribution in [3.05, 3.63) is 40.9 Å². The maximum Gasteiger partial charge on any atom is 0.321 e. The van der Waals surface area contributed by atoms with Crippen LogP contribution in [0.2, 0.25) is 0 Å². The fourth-order valence-corrected chi connectivity index (χ4v) is 2.69. The van der Waals surface area contributed by atoms with Crippen LogP contribution in [-0.4, -0.2) is 17.6 Å². The number of benzene rings is 1. The predicted molar refractivity (Wildman–Crippen MR) is 92.4 cm³/mol. The molecule has 1 aromatic carbocycles. The molecule has 2 aromatic rings. The first-order valence-corrected chi connectivity index (χ1v) is 8.02. The van der Waals surface area contributed by atoms with Gasteiger partial charge in [0.1, 0.15) is 0 Å². The van der Waals surface area contributed by atoms with Gasteiger partial charge in [0.2, 0.25) is 0 Å². The second kappa shape index (κ2) is 6.79. The van der Waals surface area contributed by atoms with Gasteiger partial charge in [0.05, 0.1) is 0 Å². The lowest BCUT2D eigenvalue weighted by Gasteiger charge is -2.14. The molecule has 5 nitrogen and oxygen atoms in total. The summed E-state index contributed by atoms with van der Waals surface area (Å²) >= 11 is 1.50. The van der Waals surface area contributed by atoms with Gasteiger partial charge in [-0.15, -0.1) is 11.3 Å². The Kier molecular flexibility index (Phi) is 5.03. The van der Waals surface area contributed by atoms with Crippen LogP contribution >= 0.6 is 11.3 Å². The number of urea groups is 1. The van der Waals surface area contributed by atoms with Gasteiger partial charge < -0.3 is 11.1 Å². The molecule has 6 heteroatoms. The first-order valence-electron chi connectivity index (χ1n) is 7.20. The van der Waals surface area contributed by atoms with Crippen LogP contribution in [0, 0.1) is 0 Å². The highest BCUT2D eigenvalue weighted by Gasteiger charge is 2.17. The van der Waals surface area contributed by atoms with Crippen molar-refractivity contribution in [3.63, 3.8) is 0 Å². The van der Waals surface area contributed by atoms with Crippen molar-refractivity contribution >= 4 is 28.2 Å². The minimum Gasteiger partial charge on any atom is -0.399 e. The molecule has 0 aliphatic rings. The third-order valence-corrected chi connectivity index (χ3v) is 4.48. The zero-order valence-electron chi connectivity index (χ0n) is 13.1. The van der Waals surface area contributed by atoms with Crippen LogP contribution in [0.4, 0.5) is 15.6 Å². The Bertz CT molecular complexity index is 628. The molecule has 0 radical (unpaired) electrons. The Hall–Kier alpha value is -2.08. The number of amides is 2. The zero-order valence-corrected chi connectivity index (χ0v) is 14.0. The third-order valence-electron chi connectivity index (χ3n) is 3.14. The molecule has 0 saturated heterocycles. The Morgan fingerprint density at radius 3 is 2.55 bits per heavy atom. The van der Waals surface area contributed by atoms with E-state index in [0.29, 0.717) is 11.7 Å². The average Bonchev–Trinajstić information content (AvgIpc) is 2.89. The normalized spacial score (nSPS) is 11.2. The first kappa shape index (κ1) is 16.3. The number of nitrogens with one attached hydrogen (secondary N) is 2. The topological polar surface area (TPSA) is 80.0 Å². The summed E-state index contributed by atoms with van der Waals surface area (Å²) < 4.78 is 0. The number of carbonyl (C=O) groups is 1. The number of nitrogens with zero attached hydrogens (tertiary/aromatic N) is 1. The van der Waals surface area contributed by atoms with Crippen LogP contribution < -0.4 is 16.4 Å². The standard InChI is InChI=1S/C16H22N4OS/c1-16(2,3)13-10-19-15(22-13)20-14(21)18-9-8-11-4-6-12(17)7-5-11/h4-7,10H,8-9,17H2,1-3H3,(H2,18,19,20,21). The molecule has 4 N–H and O–H groups in total. The van der Waals surface area contributed by atoms with Gasteiger partial charge in [0, 0.05) is 23.3 Å². The van der Waals surface area contributed by atoms with E-state index in [1.165, 1.54) is 11.3 Å². The summed E-state index contributed by atoms with van der Waals surface area (Å²) in [5.74, 6) is 0. The molecular weight excluding hydrogens is 296 g/mol. The van der Waals surface area contributed by atoms with E-state index in [1.807, 2.05) is 30.5 Å². The fourth-order valence-electron chi connectivity index (χ4n) is 1.82. The predicted octanol–water partition coefficient (Wildman–Crippen LogP) is 3.39. The molecule has 22 heavy (non-hydrogen) atoms. The summed E-state index contributed by atoms with van der Waals surface area (Å²) in [5, 5.41) is 6.22. The summed E-state index contributed by atoms with van der Waals surface area (Å²) in [6, 6.07) is 7.42. The maximum atomic E-state index is 11.8. The second-order valence-electron chi connectivity index (χ2n) is 6.15. The maximum absolute atomic E-state index is 11.8. The second-order valence-corrected chi connectivity index (χ2v) is 7.18. The van der Waals surface area contributed by atoms with Crippen molar-refractivity contribution < 1.29 is 4.79 Å². The summed E-state index contributed by atoms with van der Waals surface area (Å²) in [4.78, 5) is 17.2. The number of nitrogen functional groups attached to an aromatic ring is 1. The van der Waals surface area contributed by atoms with Gasteiger partial charge in [-0.2, -0.15) is 0 Å². The van der Waals surface area contributed by atoms with E-state index in [1.54, 1.807) is 0 Å². The van der Waals surface area contributed by atoms with Crippen molar-refractivity contribution in [2.45, 2.75) is 32.6 Å². The van der Waals surface area contributed by atoms with Gasteiger partial charge in [-0.1, -0.05) is 32.9 Å². The van der Waals surface area contributed by atoms with Crippen molar-refractivity contribution in [3.8, 4) is 0 Å². The smallest absolute Gasteiger partial charge is 0.321 e. The summed E-state index contributed by atoms with van der Waals surface area (Å²) in [6.45, 7) is 6.93. The highest BCUT2D eigenvalue weighted by Crippen LogP contribution is 2.29. The van der Waals surface area contributed by atoms with E-state index in [2.05, 4.69) is 36.4 Å². The molecule has 1 aromatic heterocycles. The number of nitrogens with two attached hydrogens (primary N) is 1. The van der Waals surface area contributed by atoms with E-state index in [9.17, 15) is 4.79 Å². The largest absolute Gasteiger partial charge is 0.399 e. The van der Waals surface area contributed by atoms with Crippen LogP contribution in [0.1, 0.15) is 31.2 Å². The molecule has 0 aliphatic carbocycles. The quantitative estimate of drug-likeness (QED) is 0.756. The van der Waals surface area contributed by atoms with Crippen LogP contribution in [0.15, 0.2) is 30.5 Å². The molecule has 2 amide bonds. The Morgan fingerprint density at radius 2 is 1.95 bits per heavy atom. The van der Waals surface area contributed by atoms with Crippen molar-refractivity contribution in [1.29, 1.82) is 0 Å². The van der Waals surface area contributed by atoms with Crippen molar-refractivity contribution in [1.82, 2.24) is 10.3 Å². The molecule has 0 fully saturated rings. The average molecular weight is 318 g/mol. The van der Waals surface area contributed by atoms with E-state index < -0.39 is 0 Å². The number of aromatic nitrogens is 1. The first-order chi connectivity index (χ1) is 10.3. The number of thiazole rings is 1. The number of hydrogen-bond donors (Lipinski definition) is 3. The zero-order chi connectivity index (χ0) is 16.2. The highest BCUT2D eigenvalue weighted by atomic mass is 32.1. The van der Waals surface area contributed by atoms with Gasteiger partial charge in [-0.3, -0.25) is 5.32 Å². The van der Waals surface area contributed by atoms with Crippen molar-refractivity contribution in [2.24, 2.45) is 0 Å². The molecule has 0 spiro atoms. The number of carbonyl (C=O) groups excluding carboxylic acids is 1. The lowest BCUT2D eigenvalue weighted by Crippen LogP contribution is -2.30. The van der Waals surface area contributed by atoms with Gasteiger partial charge >= 0.3 is 6.03 Å². The minimum absolute atomic E-state index is 0.0449. The molecule has 118 valence electrons. The Morgan fingerprint density at radius 1 is 1.27 bits per heavy atom. The highest BCUT2D eigenvalue weighted by molar-refractivity contribution is 7.15. The van der Waals surface area contributed by atoms with Crippen LogP contribution in [-0.2, 0) is 11.8 Å². The SMILES string of the molecule is CC(C)(C)c1cnc(NC(=O)NCCc2ccc(N)cc2)s1. The lowest BCUT2D eigenvalue weighted by atomic mass is 9.96. The summed E-state index contributed by atoms with van der Waals surface area (Å²) in [6.07, 6.45) is 2.58. The summed E-state index contributed by atoms with van der Waals surface area (Å²) in [5.41, 5.74) is 7.56. The number of anilines is 2. The molecule has 1 heterocycles. The Labute approximate surface area is 135 Å².